The zero-order chi connectivity index (χ0) is 22.8. The van der Waals surface area contributed by atoms with E-state index in [0.717, 1.165) is 10.7 Å². The Bertz CT molecular complexity index is 716. The first-order chi connectivity index (χ1) is 13.0. The zero-order valence-electron chi connectivity index (χ0n) is 18.6. The smallest absolute Gasteiger partial charge is 0.429 e. The van der Waals surface area contributed by atoms with Gasteiger partial charge in [0.25, 0.3) is 6.47 Å². The minimum atomic E-state index is -3.52. The molecule has 1 aliphatic rings. The van der Waals surface area contributed by atoms with Crippen LogP contribution in [0.25, 0.3) is 0 Å². The first-order valence-corrected chi connectivity index (χ1v) is 11.0. The second kappa shape index (κ2) is 8.53. The number of carbonyl (C=O) groups is 2. The molecule has 0 aliphatic heterocycles. The van der Waals surface area contributed by atoms with Gasteiger partial charge < -0.3 is 9.84 Å². The predicted molar refractivity (Wildman–Crippen MR) is 115 cm³/mol. The van der Waals surface area contributed by atoms with Gasteiger partial charge in [0.2, 0.25) is 0 Å². The SMILES string of the molecule is CC(C)(C)OC(=O)N(C(C)(C)C)S(O)(O)c1ccc(C2CC2(C)C)cc1.O=CO. The first kappa shape index (κ1) is 25.3. The number of carbonyl (C=O) groups excluding carboxylic acids is 1. The molecule has 1 amide bonds. The molecule has 1 aliphatic carbocycles. The highest BCUT2D eigenvalue weighted by Gasteiger charge is 2.46. The lowest BCUT2D eigenvalue weighted by Gasteiger charge is -2.49. The van der Waals surface area contributed by atoms with Crippen molar-refractivity contribution in [3.8, 4) is 0 Å². The van der Waals surface area contributed by atoms with Crippen LogP contribution in [-0.2, 0) is 9.53 Å². The highest BCUT2D eigenvalue weighted by Crippen LogP contribution is 2.60. The summed E-state index contributed by atoms with van der Waals surface area (Å²) < 4.78 is 28.4. The van der Waals surface area contributed by atoms with Crippen LogP contribution in [0.4, 0.5) is 4.79 Å². The molecule has 3 N–H and O–H groups in total. The van der Waals surface area contributed by atoms with Gasteiger partial charge in [-0.1, -0.05) is 36.8 Å². The lowest BCUT2D eigenvalue weighted by atomic mass is 10.0. The van der Waals surface area contributed by atoms with Crippen molar-refractivity contribution in [3.05, 3.63) is 29.8 Å². The lowest BCUT2D eigenvalue weighted by molar-refractivity contribution is -0.122. The molecule has 0 aromatic heterocycles. The Kier molecular flexibility index (Phi) is 7.44. The molecule has 29 heavy (non-hydrogen) atoms. The van der Waals surface area contributed by atoms with Gasteiger partial charge in [-0.15, -0.1) is 0 Å². The van der Waals surface area contributed by atoms with Crippen LogP contribution in [0.1, 0.15) is 73.3 Å². The molecule has 166 valence electrons. The van der Waals surface area contributed by atoms with E-state index in [1.165, 1.54) is 5.56 Å². The van der Waals surface area contributed by atoms with Crippen LogP contribution in [-0.4, -0.2) is 42.2 Å². The van der Waals surface area contributed by atoms with Crippen molar-refractivity contribution in [2.24, 2.45) is 5.41 Å². The summed E-state index contributed by atoms with van der Waals surface area (Å²) in [6.07, 6.45) is 0.395. The molecule has 0 radical (unpaired) electrons. The molecule has 1 aromatic carbocycles. The standard InChI is InChI=1S/C20H33NO4S.CH2O2/c1-18(2,3)21(17(22)25-19(4,5)6)26(23,24)15-11-9-14(10-12-15)16-13-20(16,7)8;2-1-3/h9-12,16,23-24H,13H2,1-8H3;1H,(H,2,3). The van der Waals surface area contributed by atoms with E-state index in [-0.39, 0.29) is 6.47 Å². The van der Waals surface area contributed by atoms with Crippen molar-refractivity contribution in [1.29, 1.82) is 0 Å². The summed E-state index contributed by atoms with van der Waals surface area (Å²) in [6, 6.07) is 7.28. The Balaban J connectivity index is 0.00000132. The third-order valence-electron chi connectivity index (χ3n) is 4.54. The van der Waals surface area contributed by atoms with Crippen molar-refractivity contribution >= 4 is 23.3 Å². The zero-order valence-corrected chi connectivity index (χ0v) is 19.4. The van der Waals surface area contributed by atoms with Gasteiger partial charge in [0.05, 0.1) is 10.4 Å². The Morgan fingerprint density at radius 1 is 1.14 bits per heavy atom. The van der Waals surface area contributed by atoms with E-state index in [1.807, 2.05) is 12.1 Å². The van der Waals surface area contributed by atoms with Crippen LogP contribution in [0.5, 0.6) is 0 Å². The van der Waals surface area contributed by atoms with Gasteiger partial charge in [-0.2, -0.15) is 4.31 Å². The largest absolute Gasteiger partial charge is 0.483 e. The topological polar surface area (TPSA) is 107 Å². The third-order valence-corrected chi connectivity index (χ3v) is 6.65. The molecule has 0 heterocycles. The molecule has 1 atom stereocenters. The Morgan fingerprint density at radius 2 is 1.55 bits per heavy atom. The van der Waals surface area contributed by atoms with Crippen LogP contribution in [0.2, 0.25) is 0 Å². The number of hydrogen-bond acceptors (Lipinski definition) is 5. The molecule has 1 unspecified atom stereocenters. The minimum absolute atomic E-state index is 0.250. The van der Waals surface area contributed by atoms with Gasteiger partial charge in [0, 0.05) is 0 Å². The fourth-order valence-corrected chi connectivity index (χ4v) is 4.81. The van der Waals surface area contributed by atoms with Gasteiger partial charge in [-0.25, -0.2) is 4.79 Å². The number of rotatable bonds is 3. The van der Waals surface area contributed by atoms with Gasteiger partial charge in [0.1, 0.15) is 5.60 Å². The molecule has 1 saturated carbocycles. The maximum atomic E-state index is 12.7. The molecule has 8 heteroatoms. The van der Waals surface area contributed by atoms with Crippen molar-refractivity contribution < 1.29 is 28.5 Å². The molecule has 1 fully saturated rings. The molecule has 1 aromatic rings. The van der Waals surface area contributed by atoms with E-state index in [0.29, 0.717) is 16.2 Å². The number of benzene rings is 1. The molecule has 0 saturated heterocycles. The number of ether oxygens (including phenoxy) is 1. The summed E-state index contributed by atoms with van der Waals surface area (Å²) >= 11 is 0. The first-order valence-electron chi connectivity index (χ1n) is 9.47. The highest BCUT2D eigenvalue weighted by molar-refractivity contribution is 8.22. The number of hydrogen-bond donors (Lipinski definition) is 3. The Hall–Kier alpha value is -1.77. The van der Waals surface area contributed by atoms with E-state index in [4.69, 9.17) is 14.6 Å². The fourth-order valence-electron chi connectivity index (χ4n) is 3.09. The summed E-state index contributed by atoms with van der Waals surface area (Å²) in [5.41, 5.74) is -0.0539. The maximum Gasteiger partial charge on any atom is 0.429 e. The van der Waals surface area contributed by atoms with Crippen LogP contribution in [0.3, 0.4) is 0 Å². The van der Waals surface area contributed by atoms with E-state index in [2.05, 4.69) is 13.8 Å². The molecular formula is C21H35NO6S. The van der Waals surface area contributed by atoms with Gasteiger partial charge in [-0.05, 0) is 77.0 Å². The van der Waals surface area contributed by atoms with Gasteiger partial charge in [-0.3, -0.25) is 13.9 Å². The maximum absolute atomic E-state index is 12.7. The van der Waals surface area contributed by atoms with Crippen molar-refractivity contribution in [1.82, 2.24) is 4.31 Å². The summed E-state index contributed by atoms with van der Waals surface area (Å²) in [5, 5.41) is 6.89. The lowest BCUT2D eigenvalue weighted by Crippen LogP contribution is -2.48. The number of carboxylic acid groups (broad SMARTS) is 1. The quantitative estimate of drug-likeness (QED) is 0.512. The van der Waals surface area contributed by atoms with Gasteiger partial charge in [0.15, 0.2) is 0 Å². The number of nitrogens with zero attached hydrogens (tertiary/aromatic N) is 1. The summed E-state index contributed by atoms with van der Waals surface area (Å²) in [7, 11) is -3.52. The summed E-state index contributed by atoms with van der Waals surface area (Å²) in [4.78, 5) is 21.4. The molecule has 7 nitrogen and oxygen atoms in total. The molecule has 0 spiro atoms. The van der Waals surface area contributed by atoms with Crippen LogP contribution in [0, 0.1) is 5.41 Å². The second-order valence-corrected chi connectivity index (χ2v) is 11.8. The van der Waals surface area contributed by atoms with Crippen molar-refractivity contribution in [2.75, 3.05) is 0 Å². The highest BCUT2D eigenvalue weighted by atomic mass is 32.3. The minimum Gasteiger partial charge on any atom is -0.483 e. The third kappa shape index (κ3) is 6.62. The fraction of sp³-hybridized carbons (Fsp3) is 0.619. The molecule has 2 rings (SSSR count). The number of amides is 1. The van der Waals surface area contributed by atoms with Crippen LogP contribution < -0.4 is 0 Å². The van der Waals surface area contributed by atoms with Gasteiger partial charge >= 0.3 is 6.09 Å². The van der Waals surface area contributed by atoms with E-state index >= 15 is 0 Å². The predicted octanol–water partition coefficient (Wildman–Crippen LogP) is 5.96. The molecule has 0 bridgehead atoms. The average molecular weight is 430 g/mol. The van der Waals surface area contributed by atoms with Crippen LogP contribution in [0.15, 0.2) is 29.2 Å². The summed E-state index contributed by atoms with van der Waals surface area (Å²) in [6.45, 7) is 14.7. The normalized spacial score (nSPS) is 18.8. The Labute approximate surface area is 175 Å². The van der Waals surface area contributed by atoms with E-state index in [1.54, 1.807) is 53.7 Å². The van der Waals surface area contributed by atoms with E-state index < -0.39 is 28.0 Å². The molecular weight excluding hydrogens is 394 g/mol. The van der Waals surface area contributed by atoms with Crippen molar-refractivity contribution in [2.45, 2.75) is 83.8 Å². The second-order valence-electron chi connectivity index (χ2n) is 9.88. The summed E-state index contributed by atoms with van der Waals surface area (Å²) in [5.74, 6) is 0.503. The van der Waals surface area contributed by atoms with Crippen molar-refractivity contribution in [3.63, 3.8) is 0 Å². The average Bonchev–Trinajstić information content (AvgIpc) is 3.13. The Morgan fingerprint density at radius 3 is 1.86 bits per heavy atom. The monoisotopic (exact) mass is 429 g/mol. The van der Waals surface area contributed by atoms with E-state index in [9.17, 15) is 13.9 Å². The van der Waals surface area contributed by atoms with Crippen LogP contribution >= 0.6 is 10.8 Å².